The number of amides is 2. The Kier molecular flexibility index (Phi) is 10.1. The summed E-state index contributed by atoms with van der Waals surface area (Å²) >= 11 is 0. The molecule has 1 fully saturated rings. The van der Waals surface area contributed by atoms with Crippen LogP contribution in [0, 0.1) is 0 Å². The maximum atomic E-state index is 13.4. The molecule has 1 N–H and O–H groups in total. The number of hydrogen-bond acceptors (Lipinski definition) is 6. The van der Waals surface area contributed by atoms with E-state index in [1.807, 2.05) is 68.5 Å². The molecule has 2 aliphatic heterocycles. The number of rotatable bonds is 11. The molecule has 2 heterocycles. The summed E-state index contributed by atoms with van der Waals surface area (Å²) in [5.74, 6) is 1.22. The Hall–Kier alpha value is -4.14. The third kappa shape index (κ3) is 7.45. The van der Waals surface area contributed by atoms with Crippen LogP contribution in [0.4, 0.5) is 11.4 Å². The Labute approximate surface area is 254 Å². The number of carbonyl (C=O) groups is 2. The average Bonchev–Trinajstić information content (AvgIpc) is 3.22. The number of nitrogens with one attached hydrogen (secondary N) is 1. The third-order valence-electron chi connectivity index (χ3n) is 8.04. The van der Waals surface area contributed by atoms with Gasteiger partial charge in [-0.05, 0) is 105 Å². The lowest BCUT2D eigenvalue weighted by atomic mass is 9.99. The van der Waals surface area contributed by atoms with Crippen LogP contribution in [-0.4, -0.2) is 63.3 Å². The van der Waals surface area contributed by atoms with Gasteiger partial charge in [0.15, 0.2) is 11.5 Å². The topological polar surface area (TPSA) is 80.3 Å². The Bertz CT molecular complexity index is 1450. The van der Waals surface area contributed by atoms with Gasteiger partial charge in [-0.25, -0.2) is 0 Å². The molecule has 3 aromatic carbocycles. The monoisotopic (exact) mass is 583 g/mol. The van der Waals surface area contributed by atoms with Gasteiger partial charge in [0.05, 0.1) is 18.9 Å². The second-order valence-electron chi connectivity index (χ2n) is 10.9. The van der Waals surface area contributed by atoms with Crippen molar-refractivity contribution in [1.82, 2.24) is 4.90 Å². The van der Waals surface area contributed by atoms with Crippen LogP contribution in [-0.2, 0) is 20.9 Å². The van der Waals surface area contributed by atoms with Crippen molar-refractivity contribution < 1.29 is 23.8 Å². The lowest BCUT2D eigenvalue weighted by Crippen LogP contribution is -2.36. The van der Waals surface area contributed by atoms with Crippen molar-refractivity contribution in [3.05, 3.63) is 77.4 Å². The van der Waals surface area contributed by atoms with Crippen molar-refractivity contribution in [2.45, 2.75) is 45.7 Å². The van der Waals surface area contributed by atoms with E-state index in [4.69, 9.17) is 14.2 Å². The van der Waals surface area contributed by atoms with Crippen molar-refractivity contribution in [3.63, 3.8) is 0 Å². The summed E-state index contributed by atoms with van der Waals surface area (Å²) in [5.41, 5.74) is 6.05. The molecular weight excluding hydrogens is 542 g/mol. The van der Waals surface area contributed by atoms with Crippen molar-refractivity contribution in [2.75, 3.05) is 50.2 Å². The highest BCUT2D eigenvalue weighted by molar-refractivity contribution is 6.08. The molecule has 5 rings (SSSR count). The quantitative estimate of drug-likeness (QED) is 0.273. The lowest BCUT2D eigenvalue weighted by Gasteiger charge is -2.31. The first-order valence-corrected chi connectivity index (χ1v) is 15.1. The molecule has 8 heteroatoms. The summed E-state index contributed by atoms with van der Waals surface area (Å²) in [4.78, 5) is 29.4. The fourth-order valence-corrected chi connectivity index (χ4v) is 5.70. The largest absolute Gasteiger partial charge is 0.490 e. The van der Waals surface area contributed by atoms with Gasteiger partial charge in [-0.15, -0.1) is 0 Å². The SMILES string of the molecule is CCOc1ccc(-c2ccc3c(c2)C=C(C(=O)Nc2ccc(CN(C)C4CCOCC4)cc2)CCN3C=O)cc1OCC. The fourth-order valence-electron chi connectivity index (χ4n) is 5.70. The molecule has 8 nitrogen and oxygen atoms in total. The van der Waals surface area contributed by atoms with Gasteiger partial charge < -0.3 is 24.4 Å². The highest BCUT2D eigenvalue weighted by Gasteiger charge is 2.21. The number of carbonyl (C=O) groups excluding carboxylic acids is 2. The molecular formula is C35H41N3O5. The van der Waals surface area contributed by atoms with Gasteiger partial charge in [-0.1, -0.05) is 24.3 Å². The molecule has 0 aliphatic carbocycles. The van der Waals surface area contributed by atoms with E-state index in [1.165, 1.54) is 5.56 Å². The van der Waals surface area contributed by atoms with Crippen molar-refractivity contribution in [1.29, 1.82) is 0 Å². The van der Waals surface area contributed by atoms with E-state index >= 15 is 0 Å². The molecule has 2 aliphatic rings. The Morgan fingerprint density at radius 1 is 0.977 bits per heavy atom. The summed E-state index contributed by atoms with van der Waals surface area (Å²) in [6.07, 6.45) is 5.28. The molecule has 0 spiro atoms. The zero-order valence-corrected chi connectivity index (χ0v) is 25.3. The molecule has 2 amide bonds. The first-order valence-electron chi connectivity index (χ1n) is 15.1. The van der Waals surface area contributed by atoms with Crippen LogP contribution in [0.5, 0.6) is 11.5 Å². The second-order valence-corrected chi connectivity index (χ2v) is 10.9. The van der Waals surface area contributed by atoms with Crippen molar-refractivity contribution in [2.24, 2.45) is 0 Å². The van der Waals surface area contributed by atoms with Crippen LogP contribution in [0.25, 0.3) is 17.2 Å². The number of benzene rings is 3. The van der Waals surface area contributed by atoms with Gasteiger partial charge in [0.2, 0.25) is 6.41 Å². The molecule has 1 saturated heterocycles. The number of ether oxygens (including phenoxy) is 3. The number of anilines is 2. The van der Waals surface area contributed by atoms with Crippen molar-refractivity contribution >= 4 is 29.8 Å². The summed E-state index contributed by atoms with van der Waals surface area (Å²) in [5, 5.41) is 3.06. The van der Waals surface area contributed by atoms with Crippen molar-refractivity contribution in [3.8, 4) is 22.6 Å². The minimum absolute atomic E-state index is 0.170. The Balaban J connectivity index is 1.33. The summed E-state index contributed by atoms with van der Waals surface area (Å²) in [6, 6.07) is 20.4. The Morgan fingerprint density at radius 3 is 2.40 bits per heavy atom. The van der Waals surface area contributed by atoms with Gasteiger partial charge in [-0.2, -0.15) is 0 Å². The first-order chi connectivity index (χ1) is 21.0. The molecule has 0 radical (unpaired) electrons. The van der Waals surface area contributed by atoms with E-state index in [-0.39, 0.29) is 5.91 Å². The Morgan fingerprint density at radius 2 is 1.67 bits per heavy atom. The predicted octanol–water partition coefficient (Wildman–Crippen LogP) is 6.15. The normalized spacial score (nSPS) is 15.3. The smallest absolute Gasteiger partial charge is 0.251 e. The van der Waals surface area contributed by atoms with Gasteiger partial charge >= 0.3 is 0 Å². The van der Waals surface area contributed by atoms with E-state index in [0.29, 0.717) is 49.3 Å². The van der Waals surface area contributed by atoms with E-state index < -0.39 is 0 Å². The number of fused-ring (bicyclic) bond motifs is 1. The molecule has 0 atom stereocenters. The molecule has 226 valence electrons. The third-order valence-corrected chi connectivity index (χ3v) is 8.04. The van der Waals surface area contributed by atoms with Gasteiger partial charge in [0.1, 0.15) is 0 Å². The number of nitrogens with zero attached hydrogens (tertiary/aromatic N) is 2. The zero-order chi connectivity index (χ0) is 30.2. The molecule has 0 saturated carbocycles. The van der Waals surface area contributed by atoms with Gasteiger partial charge in [-0.3, -0.25) is 14.5 Å². The van der Waals surface area contributed by atoms with E-state index in [1.54, 1.807) is 4.90 Å². The highest BCUT2D eigenvalue weighted by Crippen LogP contribution is 2.36. The standard InChI is InChI=1S/C35H41N3O5/c1-4-42-33-13-9-27(22-34(33)43-5-2)26-8-12-32-29(20-26)21-28(14-17-38(32)24-39)35(40)36-30-10-6-25(7-11-30)23-37(3)31-15-18-41-19-16-31/h6-13,20-22,24,31H,4-5,14-19,23H2,1-3H3,(H,36,40). The maximum absolute atomic E-state index is 13.4. The van der Waals surface area contributed by atoms with E-state index in [0.717, 1.165) is 67.1 Å². The predicted molar refractivity (Wildman–Crippen MR) is 171 cm³/mol. The van der Waals surface area contributed by atoms with Crippen LogP contribution in [0.15, 0.2) is 66.2 Å². The van der Waals surface area contributed by atoms with Gasteiger partial charge in [0.25, 0.3) is 5.91 Å². The molecule has 0 aromatic heterocycles. The minimum atomic E-state index is -0.170. The van der Waals surface area contributed by atoms with Crippen LogP contribution in [0.1, 0.15) is 44.2 Å². The maximum Gasteiger partial charge on any atom is 0.251 e. The first kappa shape index (κ1) is 30.3. The van der Waals surface area contributed by atoms with Crippen LogP contribution in [0.2, 0.25) is 0 Å². The molecule has 43 heavy (non-hydrogen) atoms. The van der Waals surface area contributed by atoms with Gasteiger partial charge in [0, 0.05) is 43.6 Å². The molecule has 0 bridgehead atoms. The highest BCUT2D eigenvalue weighted by atomic mass is 16.5. The molecule has 3 aromatic rings. The van der Waals surface area contributed by atoms with Crippen LogP contribution in [0.3, 0.4) is 0 Å². The summed E-state index contributed by atoms with van der Waals surface area (Å²) in [7, 11) is 2.16. The van der Waals surface area contributed by atoms with Crippen LogP contribution < -0.4 is 19.7 Å². The van der Waals surface area contributed by atoms with E-state index in [2.05, 4.69) is 29.4 Å². The lowest BCUT2D eigenvalue weighted by molar-refractivity contribution is -0.113. The van der Waals surface area contributed by atoms with Crippen LogP contribution >= 0.6 is 0 Å². The number of hydrogen-bond donors (Lipinski definition) is 1. The zero-order valence-electron chi connectivity index (χ0n) is 25.3. The average molecular weight is 584 g/mol. The summed E-state index contributed by atoms with van der Waals surface area (Å²) < 4.78 is 17.0. The minimum Gasteiger partial charge on any atom is -0.490 e. The summed E-state index contributed by atoms with van der Waals surface area (Å²) in [6.45, 7) is 7.88. The molecule has 0 unspecified atom stereocenters. The fraction of sp³-hybridized carbons (Fsp3) is 0.371. The van der Waals surface area contributed by atoms with E-state index in [9.17, 15) is 9.59 Å². The second kappa shape index (κ2) is 14.4.